The molecule has 2 N–H and O–H groups in total. The van der Waals surface area contributed by atoms with Crippen molar-refractivity contribution < 1.29 is 0 Å². The van der Waals surface area contributed by atoms with Gasteiger partial charge in [-0.2, -0.15) is 0 Å². The summed E-state index contributed by atoms with van der Waals surface area (Å²) >= 11 is 0. The highest BCUT2D eigenvalue weighted by Gasteiger charge is 2.36. The lowest BCUT2D eigenvalue weighted by molar-refractivity contribution is 0.196. The molecule has 2 nitrogen and oxygen atoms in total. The van der Waals surface area contributed by atoms with Gasteiger partial charge in [0.1, 0.15) is 0 Å². The van der Waals surface area contributed by atoms with Gasteiger partial charge in [-0.3, -0.25) is 5.84 Å². The van der Waals surface area contributed by atoms with Crippen molar-refractivity contribution in [1.29, 1.82) is 0 Å². The molecule has 248 valence electrons. The Balaban J connectivity index is -0.000000739. The van der Waals surface area contributed by atoms with Crippen LogP contribution in [0.5, 0.6) is 0 Å². The van der Waals surface area contributed by atoms with E-state index in [9.17, 15) is 0 Å². The van der Waals surface area contributed by atoms with Gasteiger partial charge in [0.25, 0.3) is 0 Å². The summed E-state index contributed by atoms with van der Waals surface area (Å²) in [6.07, 6.45) is 20.8. The Morgan fingerprint density at radius 3 is 1.68 bits per heavy atom. The van der Waals surface area contributed by atoms with E-state index in [1.807, 2.05) is 55.4 Å². The predicted octanol–water partition coefficient (Wildman–Crippen LogP) is 13.3. The van der Waals surface area contributed by atoms with Crippen molar-refractivity contribution in [2.24, 2.45) is 41.4 Å². The summed E-state index contributed by atoms with van der Waals surface area (Å²) in [4.78, 5) is 0. The van der Waals surface area contributed by atoms with Crippen LogP contribution in [0.4, 0.5) is 0 Å². The first-order valence-electron chi connectivity index (χ1n) is 18.8. The number of unbranched alkanes of at least 4 members (excludes halogenated alkanes) is 7. The molecule has 0 aromatic rings. The van der Waals surface area contributed by atoms with Crippen LogP contribution in [-0.4, -0.2) is 17.6 Å². The van der Waals surface area contributed by atoms with Crippen molar-refractivity contribution in [2.45, 2.75) is 206 Å². The smallest absolute Gasteiger partial charge is 0.0212 e. The summed E-state index contributed by atoms with van der Waals surface area (Å²) in [6.45, 7) is 34.0. The van der Waals surface area contributed by atoms with Crippen LogP contribution in [0.2, 0.25) is 0 Å². The standard InChI is InChI=1S/C30H62N2.4C2H6/c1-8-9-10-13-16-23-32(31)26(5)18-15-12-11-14-17-25(4)19-20-29-21-22-30(28(29)7)27(6)24(2)3;4*1-2/h24-30H,8-23,31H2,1-7H3;4*1-2H3. The number of rotatable bonds is 19. The molecule has 0 heterocycles. The molecule has 1 rings (SSSR count). The quantitative estimate of drug-likeness (QED) is 0.0950. The van der Waals surface area contributed by atoms with Crippen LogP contribution in [0.15, 0.2) is 0 Å². The molecular formula is C38H86N2. The Morgan fingerprint density at radius 2 is 1.15 bits per heavy atom. The summed E-state index contributed by atoms with van der Waals surface area (Å²) in [5, 5.41) is 2.10. The van der Waals surface area contributed by atoms with E-state index in [1.54, 1.807) is 0 Å². The highest BCUT2D eigenvalue weighted by molar-refractivity contribution is 4.86. The van der Waals surface area contributed by atoms with Gasteiger partial charge >= 0.3 is 0 Å². The third-order valence-electron chi connectivity index (χ3n) is 9.20. The molecule has 0 aromatic heterocycles. The van der Waals surface area contributed by atoms with E-state index >= 15 is 0 Å². The Morgan fingerprint density at radius 1 is 0.650 bits per heavy atom. The first kappa shape index (κ1) is 46.9. The molecule has 6 unspecified atom stereocenters. The molecule has 0 spiro atoms. The van der Waals surface area contributed by atoms with Crippen molar-refractivity contribution in [3.8, 4) is 0 Å². The molecule has 0 aromatic carbocycles. The van der Waals surface area contributed by atoms with Crippen LogP contribution in [0.3, 0.4) is 0 Å². The van der Waals surface area contributed by atoms with E-state index in [0.29, 0.717) is 6.04 Å². The van der Waals surface area contributed by atoms with Gasteiger partial charge in [0.2, 0.25) is 0 Å². The van der Waals surface area contributed by atoms with Gasteiger partial charge in [-0.1, -0.05) is 161 Å². The molecule has 2 heteroatoms. The Kier molecular flexibility index (Phi) is 41.1. The number of hydrogen-bond acceptors (Lipinski definition) is 2. The molecule has 1 aliphatic rings. The molecular weight excluding hydrogens is 484 g/mol. The van der Waals surface area contributed by atoms with Crippen molar-refractivity contribution in [1.82, 2.24) is 5.01 Å². The number of hydrazine groups is 1. The Bertz CT molecular complexity index is 435. The van der Waals surface area contributed by atoms with Gasteiger partial charge < -0.3 is 0 Å². The fourth-order valence-corrected chi connectivity index (χ4v) is 6.14. The molecule has 1 aliphatic carbocycles. The second-order valence-corrected chi connectivity index (χ2v) is 12.1. The van der Waals surface area contributed by atoms with E-state index in [-0.39, 0.29) is 0 Å². The first-order valence-corrected chi connectivity index (χ1v) is 18.8. The molecule has 0 bridgehead atoms. The highest BCUT2D eigenvalue weighted by atomic mass is 15.4. The minimum Gasteiger partial charge on any atom is -0.269 e. The van der Waals surface area contributed by atoms with Crippen LogP contribution in [0.25, 0.3) is 0 Å². The van der Waals surface area contributed by atoms with Gasteiger partial charge in [-0.25, -0.2) is 5.01 Å². The maximum absolute atomic E-state index is 6.28. The topological polar surface area (TPSA) is 29.3 Å². The van der Waals surface area contributed by atoms with Crippen molar-refractivity contribution in [3.05, 3.63) is 0 Å². The van der Waals surface area contributed by atoms with Crippen molar-refractivity contribution in [2.75, 3.05) is 6.54 Å². The van der Waals surface area contributed by atoms with Crippen LogP contribution in [0.1, 0.15) is 200 Å². The molecule has 0 amide bonds. The van der Waals surface area contributed by atoms with Gasteiger partial charge in [-0.15, -0.1) is 0 Å². The molecule has 6 atom stereocenters. The minimum absolute atomic E-state index is 0.538. The van der Waals surface area contributed by atoms with Crippen LogP contribution in [-0.2, 0) is 0 Å². The fourth-order valence-electron chi connectivity index (χ4n) is 6.14. The average Bonchev–Trinajstić information content (AvgIpc) is 3.36. The largest absolute Gasteiger partial charge is 0.269 e. The lowest BCUT2D eigenvalue weighted by Gasteiger charge is -2.29. The lowest BCUT2D eigenvalue weighted by Crippen LogP contribution is -2.39. The highest BCUT2D eigenvalue weighted by Crippen LogP contribution is 2.45. The van der Waals surface area contributed by atoms with Gasteiger partial charge in [0.05, 0.1) is 0 Å². The van der Waals surface area contributed by atoms with Gasteiger partial charge in [0.15, 0.2) is 0 Å². The van der Waals surface area contributed by atoms with Crippen molar-refractivity contribution >= 4 is 0 Å². The van der Waals surface area contributed by atoms with Gasteiger partial charge in [-0.05, 0) is 74.5 Å². The second kappa shape index (κ2) is 35.1. The third-order valence-corrected chi connectivity index (χ3v) is 9.20. The summed E-state index contributed by atoms with van der Waals surface area (Å²) < 4.78 is 0. The summed E-state index contributed by atoms with van der Waals surface area (Å²) in [6, 6.07) is 0.538. The zero-order valence-electron chi connectivity index (χ0n) is 31.4. The SMILES string of the molecule is CC.CC.CC.CC.CCCCCCCN(N)C(C)CCCCCCC(C)CCC1CCC(C(C)C(C)C)C1C. The maximum atomic E-state index is 6.28. The summed E-state index contributed by atoms with van der Waals surface area (Å²) in [7, 11) is 0. The van der Waals surface area contributed by atoms with E-state index in [0.717, 1.165) is 42.1 Å². The molecule has 0 aliphatic heterocycles. The lowest BCUT2D eigenvalue weighted by atomic mass is 9.77. The second-order valence-electron chi connectivity index (χ2n) is 12.1. The summed E-state index contributed by atoms with van der Waals surface area (Å²) in [5.74, 6) is 11.8. The van der Waals surface area contributed by atoms with Crippen LogP contribution >= 0.6 is 0 Å². The molecule has 0 saturated heterocycles. The van der Waals surface area contributed by atoms with E-state index in [2.05, 4.69) is 53.5 Å². The Hall–Kier alpha value is -0.0800. The zero-order chi connectivity index (χ0) is 31.9. The minimum atomic E-state index is 0.538. The molecule has 1 saturated carbocycles. The average molecular weight is 571 g/mol. The fraction of sp³-hybridized carbons (Fsp3) is 1.00. The number of nitrogens with zero attached hydrogens (tertiary/aromatic N) is 1. The normalized spacial score (nSPS) is 20.1. The van der Waals surface area contributed by atoms with E-state index < -0.39 is 0 Å². The van der Waals surface area contributed by atoms with Crippen LogP contribution in [0, 0.1) is 35.5 Å². The van der Waals surface area contributed by atoms with Crippen LogP contribution < -0.4 is 5.84 Å². The number of hydrogen-bond donors (Lipinski definition) is 1. The zero-order valence-corrected chi connectivity index (χ0v) is 31.4. The van der Waals surface area contributed by atoms with E-state index in [1.165, 1.54) is 96.3 Å². The third kappa shape index (κ3) is 24.5. The number of nitrogens with two attached hydrogens (primary N) is 1. The Labute approximate surface area is 258 Å². The maximum Gasteiger partial charge on any atom is 0.0212 e. The predicted molar refractivity (Wildman–Crippen MR) is 190 cm³/mol. The molecule has 40 heavy (non-hydrogen) atoms. The van der Waals surface area contributed by atoms with E-state index in [4.69, 9.17) is 5.84 Å². The van der Waals surface area contributed by atoms with Gasteiger partial charge in [0, 0.05) is 12.6 Å². The molecule has 0 radical (unpaired) electrons. The van der Waals surface area contributed by atoms with Crippen molar-refractivity contribution in [3.63, 3.8) is 0 Å². The first-order chi connectivity index (χ1) is 19.3. The molecule has 1 fully saturated rings. The monoisotopic (exact) mass is 571 g/mol. The summed E-state index contributed by atoms with van der Waals surface area (Å²) in [5.41, 5.74) is 0.